The molecule has 2 aromatic heterocycles. The van der Waals surface area contributed by atoms with Crippen molar-refractivity contribution in [3.8, 4) is 50.2 Å². The number of para-hydroxylation sites is 4. The van der Waals surface area contributed by atoms with E-state index in [0.29, 0.717) is 0 Å². The van der Waals surface area contributed by atoms with Crippen molar-refractivity contribution in [3.05, 3.63) is 277 Å². The molecule has 1 aliphatic heterocycles. The molecule has 0 fully saturated rings. The third-order valence-corrected chi connectivity index (χ3v) is 16.4. The third kappa shape index (κ3) is 5.49. The lowest BCUT2D eigenvalue weighted by Crippen LogP contribution is -2.33. The van der Waals surface area contributed by atoms with Gasteiger partial charge in [0.25, 0.3) is 0 Å². The summed E-state index contributed by atoms with van der Waals surface area (Å²) >= 11 is 1.86. The van der Waals surface area contributed by atoms with Gasteiger partial charge in [-0.05, 0) is 122 Å². The molecular weight excluding hydrogens is 865 g/mol. The van der Waals surface area contributed by atoms with Gasteiger partial charge in [-0.3, -0.25) is 0 Å². The van der Waals surface area contributed by atoms with E-state index in [-0.39, 0.29) is 0 Å². The zero-order valence-electron chi connectivity index (χ0n) is 38.1. The Kier molecular flexibility index (Phi) is 8.48. The summed E-state index contributed by atoms with van der Waals surface area (Å²) in [5.41, 5.74) is 21.4. The predicted molar refractivity (Wildman–Crippen MR) is 296 cm³/mol. The molecule has 326 valence electrons. The van der Waals surface area contributed by atoms with Gasteiger partial charge in [0, 0.05) is 47.9 Å². The first-order chi connectivity index (χ1) is 34.7. The largest absolute Gasteiger partial charge is 0.310 e. The highest BCUT2D eigenvalue weighted by atomic mass is 32.1. The zero-order chi connectivity index (χ0) is 45.9. The van der Waals surface area contributed by atoms with E-state index in [1.807, 2.05) is 11.3 Å². The summed E-state index contributed by atoms with van der Waals surface area (Å²) in [6.07, 6.45) is 0. The number of hydrogen-bond donors (Lipinski definition) is 0. The van der Waals surface area contributed by atoms with Gasteiger partial charge in [0.2, 0.25) is 0 Å². The van der Waals surface area contributed by atoms with Gasteiger partial charge in [-0.15, -0.1) is 11.3 Å². The Labute approximate surface area is 410 Å². The third-order valence-electron chi connectivity index (χ3n) is 15.2. The van der Waals surface area contributed by atoms with Gasteiger partial charge in [0.05, 0.1) is 27.8 Å². The van der Waals surface area contributed by atoms with Crippen LogP contribution in [-0.2, 0) is 5.41 Å². The van der Waals surface area contributed by atoms with E-state index in [4.69, 9.17) is 0 Å². The van der Waals surface area contributed by atoms with Crippen LogP contribution in [0.2, 0.25) is 0 Å². The molecule has 1 atom stereocenters. The minimum Gasteiger partial charge on any atom is -0.310 e. The van der Waals surface area contributed by atoms with Gasteiger partial charge >= 0.3 is 0 Å². The molecule has 2 aliphatic rings. The van der Waals surface area contributed by atoms with E-state index >= 15 is 0 Å². The summed E-state index contributed by atoms with van der Waals surface area (Å²) in [4.78, 5) is 2.50. The Morgan fingerprint density at radius 2 is 0.943 bits per heavy atom. The smallest absolute Gasteiger partial charge is 0.0755 e. The fourth-order valence-electron chi connectivity index (χ4n) is 12.3. The van der Waals surface area contributed by atoms with Crippen molar-refractivity contribution in [1.29, 1.82) is 0 Å². The van der Waals surface area contributed by atoms with E-state index in [2.05, 4.69) is 264 Å². The number of benzene rings is 11. The molecule has 15 rings (SSSR count). The summed E-state index contributed by atoms with van der Waals surface area (Å²) in [6, 6.07) is 95.0. The monoisotopic (exact) mass is 906 g/mol. The SMILES string of the molecule is c1ccc(-c2ccccc2-c2ccccc2N(c2ccc(-c3ccc4sc5ccccc5c4c3)cc2)c2ccc3c(c2)C2(c4ccccc4-3)c3ccccc3-n3c4ccccc4c4cccc2c43)cc1. The number of nitrogens with zero attached hydrogens (tertiary/aromatic N) is 2. The molecule has 11 aromatic carbocycles. The molecule has 3 heterocycles. The maximum absolute atomic E-state index is 2.53. The highest BCUT2D eigenvalue weighted by Crippen LogP contribution is 2.62. The topological polar surface area (TPSA) is 8.17 Å². The molecule has 3 heteroatoms. The van der Waals surface area contributed by atoms with Crippen molar-refractivity contribution in [2.45, 2.75) is 5.41 Å². The fraction of sp³-hybridized carbons (Fsp3) is 0.0149. The van der Waals surface area contributed by atoms with Gasteiger partial charge in [-0.1, -0.05) is 194 Å². The summed E-state index contributed by atoms with van der Waals surface area (Å²) < 4.78 is 5.16. The summed E-state index contributed by atoms with van der Waals surface area (Å²) in [5, 5.41) is 5.18. The van der Waals surface area contributed by atoms with E-state index < -0.39 is 5.41 Å². The second-order valence-electron chi connectivity index (χ2n) is 18.7. The molecule has 1 aliphatic carbocycles. The number of fused-ring (bicyclic) bond motifs is 15. The Morgan fingerprint density at radius 1 is 0.329 bits per heavy atom. The van der Waals surface area contributed by atoms with Crippen LogP contribution in [0.15, 0.2) is 255 Å². The molecule has 0 bridgehead atoms. The molecule has 2 nitrogen and oxygen atoms in total. The molecule has 1 unspecified atom stereocenters. The summed E-state index contributed by atoms with van der Waals surface area (Å²) in [5.74, 6) is 0. The van der Waals surface area contributed by atoms with Gasteiger partial charge < -0.3 is 9.47 Å². The van der Waals surface area contributed by atoms with Crippen LogP contribution in [0, 0.1) is 0 Å². The predicted octanol–water partition coefficient (Wildman–Crippen LogP) is 18.3. The van der Waals surface area contributed by atoms with Crippen molar-refractivity contribution < 1.29 is 0 Å². The number of rotatable bonds is 6. The fourth-order valence-corrected chi connectivity index (χ4v) is 13.4. The van der Waals surface area contributed by atoms with E-state index in [9.17, 15) is 0 Å². The van der Waals surface area contributed by atoms with Crippen LogP contribution in [0.25, 0.3) is 92.2 Å². The summed E-state index contributed by atoms with van der Waals surface area (Å²) in [6.45, 7) is 0. The Balaban J connectivity index is 0.980. The van der Waals surface area contributed by atoms with Crippen molar-refractivity contribution in [1.82, 2.24) is 4.57 Å². The highest BCUT2D eigenvalue weighted by molar-refractivity contribution is 7.25. The first kappa shape index (κ1) is 39.3. The molecular formula is C67H42N2S. The van der Waals surface area contributed by atoms with Gasteiger partial charge in [0.1, 0.15) is 0 Å². The molecule has 70 heavy (non-hydrogen) atoms. The number of thiophene rings is 1. The lowest BCUT2D eigenvalue weighted by atomic mass is 9.65. The number of aromatic nitrogens is 1. The quantitative estimate of drug-likeness (QED) is 0.161. The Hall–Kier alpha value is -8.76. The molecule has 0 saturated carbocycles. The van der Waals surface area contributed by atoms with E-state index in [1.165, 1.54) is 109 Å². The lowest BCUT2D eigenvalue weighted by Gasteiger charge is -2.40. The van der Waals surface area contributed by atoms with Crippen LogP contribution < -0.4 is 4.90 Å². The normalized spacial score (nSPS) is 14.3. The van der Waals surface area contributed by atoms with Crippen molar-refractivity contribution in [3.63, 3.8) is 0 Å². The maximum Gasteiger partial charge on any atom is 0.0755 e. The van der Waals surface area contributed by atoms with Gasteiger partial charge in [-0.25, -0.2) is 0 Å². The molecule has 0 radical (unpaired) electrons. The van der Waals surface area contributed by atoms with Crippen LogP contribution in [0.4, 0.5) is 17.1 Å². The minimum absolute atomic E-state index is 0.582. The zero-order valence-corrected chi connectivity index (χ0v) is 38.9. The molecule has 1 spiro atoms. The first-order valence-electron chi connectivity index (χ1n) is 24.2. The average molecular weight is 907 g/mol. The lowest BCUT2D eigenvalue weighted by molar-refractivity contribution is 0.748. The van der Waals surface area contributed by atoms with E-state index in [0.717, 1.165) is 22.6 Å². The summed E-state index contributed by atoms with van der Waals surface area (Å²) in [7, 11) is 0. The average Bonchev–Trinajstić information content (AvgIpc) is 4.07. The molecule has 0 saturated heterocycles. The van der Waals surface area contributed by atoms with Crippen LogP contribution in [0.1, 0.15) is 22.3 Å². The minimum atomic E-state index is -0.582. The highest BCUT2D eigenvalue weighted by Gasteiger charge is 2.51. The van der Waals surface area contributed by atoms with E-state index in [1.54, 1.807) is 0 Å². The van der Waals surface area contributed by atoms with Crippen LogP contribution in [-0.4, -0.2) is 4.57 Å². The Bertz CT molecular complexity index is 4250. The second kappa shape index (κ2) is 15.1. The van der Waals surface area contributed by atoms with Gasteiger partial charge in [-0.2, -0.15) is 0 Å². The number of hydrogen-bond acceptors (Lipinski definition) is 2. The maximum atomic E-state index is 2.53. The van der Waals surface area contributed by atoms with Crippen molar-refractivity contribution in [2.75, 3.05) is 4.90 Å². The Morgan fingerprint density at radius 3 is 1.81 bits per heavy atom. The van der Waals surface area contributed by atoms with Crippen LogP contribution in [0.5, 0.6) is 0 Å². The molecule has 0 amide bonds. The first-order valence-corrected chi connectivity index (χ1v) is 25.0. The van der Waals surface area contributed by atoms with Crippen molar-refractivity contribution >= 4 is 70.4 Å². The molecule has 0 N–H and O–H groups in total. The number of anilines is 3. The van der Waals surface area contributed by atoms with Crippen LogP contribution in [0.3, 0.4) is 0 Å². The standard InChI is InChI=1S/C67H42N2S/c1-2-17-44(18-3-1)48-19-4-5-20-49(48)52-22-7-12-29-61(52)68(46-36-33-43(34-37-46)45-35-40-65-56(41-45)54-24-9-15-32-64(54)70-65)47-38-39-51-50-21-6-10-26-57(50)67(60(51)42-47)58-27-11-14-31-63(58)69-62-30-13-8-23-53(62)55-25-16-28-59(67)66(55)69/h1-42H. The molecule has 13 aromatic rings. The van der Waals surface area contributed by atoms with Gasteiger partial charge in [0.15, 0.2) is 0 Å². The second-order valence-corrected chi connectivity index (χ2v) is 19.8. The van der Waals surface area contributed by atoms with Crippen molar-refractivity contribution in [2.24, 2.45) is 0 Å². The van der Waals surface area contributed by atoms with Crippen LogP contribution >= 0.6 is 11.3 Å².